The number of allylic oxidation sites excluding steroid dienone is 1. The molecule has 1 aromatic carbocycles. The Balaban J connectivity index is 2.30. The van der Waals surface area contributed by atoms with Gasteiger partial charge in [-0.1, -0.05) is 42.5 Å². The Hall–Kier alpha value is -1.87. The number of esters is 1. The highest BCUT2D eigenvalue weighted by molar-refractivity contribution is 5.81. The van der Waals surface area contributed by atoms with Gasteiger partial charge in [-0.05, 0) is 30.4 Å². The summed E-state index contributed by atoms with van der Waals surface area (Å²) in [5, 5.41) is 0. The van der Waals surface area contributed by atoms with E-state index >= 15 is 0 Å². The SMILES string of the molecule is COC(=O)/C=C/[C@@H](c1ccccc1)[C@@H](OC)C1=CCCC1. The Morgan fingerprint density at radius 3 is 2.57 bits per heavy atom. The molecule has 1 aliphatic rings. The maximum atomic E-state index is 11.4. The van der Waals surface area contributed by atoms with Gasteiger partial charge in [-0.3, -0.25) is 0 Å². The molecule has 0 fully saturated rings. The van der Waals surface area contributed by atoms with Crippen molar-refractivity contribution in [3.05, 3.63) is 59.7 Å². The van der Waals surface area contributed by atoms with Gasteiger partial charge in [-0.25, -0.2) is 4.79 Å². The van der Waals surface area contributed by atoms with E-state index in [2.05, 4.69) is 18.2 Å². The van der Waals surface area contributed by atoms with Gasteiger partial charge < -0.3 is 9.47 Å². The molecule has 1 aromatic rings. The Kier molecular flexibility index (Phi) is 5.76. The fraction of sp³-hybridized carbons (Fsp3) is 0.389. The van der Waals surface area contributed by atoms with Crippen molar-refractivity contribution in [2.45, 2.75) is 31.3 Å². The van der Waals surface area contributed by atoms with Crippen LogP contribution < -0.4 is 0 Å². The van der Waals surface area contributed by atoms with Crippen molar-refractivity contribution < 1.29 is 14.3 Å². The zero-order valence-electron chi connectivity index (χ0n) is 12.6. The molecule has 0 radical (unpaired) electrons. The molecule has 21 heavy (non-hydrogen) atoms. The molecule has 0 N–H and O–H groups in total. The van der Waals surface area contributed by atoms with Crippen LogP contribution in [0.5, 0.6) is 0 Å². The second-order valence-electron chi connectivity index (χ2n) is 5.15. The van der Waals surface area contributed by atoms with Crippen LogP contribution >= 0.6 is 0 Å². The second-order valence-corrected chi connectivity index (χ2v) is 5.15. The lowest BCUT2D eigenvalue weighted by Crippen LogP contribution is -2.22. The van der Waals surface area contributed by atoms with Gasteiger partial charge in [0.25, 0.3) is 0 Å². The zero-order valence-corrected chi connectivity index (χ0v) is 12.6. The van der Waals surface area contributed by atoms with E-state index in [4.69, 9.17) is 9.47 Å². The summed E-state index contributed by atoms with van der Waals surface area (Å²) in [6.45, 7) is 0. The molecule has 3 nitrogen and oxygen atoms in total. The third-order valence-electron chi connectivity index (χ3n) is 3.85. The van der Waals surface area contributed by atoms with Gasteiger partial charge in [0.1, 0.15) is 0 Å². The van der Waals surface area contributed by atoms with E-state index in [1.54, 1.807) is 7.11 Å². The summed E-state index contributed by atoms with van der Waals surface area (Å²) >= 11 is 0. The van der Waals surface area contributed by atoms with E-state index in [1.165, 1.54) is 25.2 Å². The molecule has 0 saturated heterocycles. The van der Waals surface area contributed by atoms with Gasteiger partial charge in [-0.2, -0.15) is 0 Å². The smallest absolute Gasteiger partial charge is 0.330 e. The summed E-state index contributed by atoms with van der Waals surface area (Å²) in [4.78, 5) is 11.4. The third kappa shape index (κ3) is 4.05. The normalized spacial score (nSPS) is 17.5. The highest BCUT2D eigenvalue weighted by Gasteiger charge is 2.26. The first-order valence-corrected chi connectivity index (χ1v) is 7.29. The van der Waals surface area contributed by atoms with Crippen molar-refractivity contribution in [3.8, 4) is 0 Å². The molecule has 2 rings (SSSR count). The number of rotatable bonds is 6. The maximum Gasteiger partial charge on any atom is 0.330 e. The molecule has 0 aliphatic heterocycles. The number of hydrogen-bond donors (Lipinski definition) is 0. The topological polar surface area (TPSA) is 35.5 Å². The van der Waals surface area contributed by atoms with Gasteiger partial charge >= 0.3 is 5.97 Å². The van der Waals surface area contributed by atoms with E-state index in [0.717, 1.165) is 18.4 Å². The number of ether oxygens (including phenoxy) is 2. The maximum absolute atomic E-state index is 11.4. The standard InChI is InChI=1S/C18H22O3/c1-20-17(19)13-12-16(14-8-4-3-5-9-14)18(21-2)15-10-6-7-11-15/h3-5,8-10,12-13,16,18H,6-7,11H2,1-2H3/b13-12+/t16-,18-/m0/s1. The van der Waals surface area contributed by atoms with Gasteiger partial charge in [0.2, 0.25) is 0 Å². The van der Waals surface area contributed by atoms with Crippen molar-refractivity contribution in [2.24, 2.45) is 0 Å². The van der Waals surface area contributed by atoms with Crippen LogP contribution in [0.25, 0.3) is 0 Å². The van der Waals surface area contributed by atoms with Crippen molar-refractivity contribution >= 4 is 5.97 Å². The van der Waals surface area contributed by atoms with E-state index in [-0.39, 0.29) is 18.0 Å². The Bertz CT molecular complexity index is 517. The van der Waals surface area contributed by atoms with E-state index < -0.39 is 0 Å². The molecule has 0 spiro atoms. The van der Waals surface area contributed by atoms with Crippen molar-refractivity contribution in [2.75, 3.05) is 14.2 Å². The van der Waals surface area contributed by atoms with Gasteiger partial charge in [0.05, 0.1) is 13.2 Å². The average Bonchev–Trinajstić information content (AvgIpc) is 3.06. The molecular weight excluding hydrogens is 264 g/mol. The lowest BCUT2D eigenvalue weighted by molar-refractivity contribution is -0.134. The second kappa shape index (κ2) is 7.79. The number of methoxy groups -OCH3 is 2. The number of carbonyl (C=O) groups excluding carboxylic acids is 1. The molecule has 112 valence electrons. The lowest BCUT2D eigenvalue weighted by atomic mass is 9.88. The molecule has 1 aliphatic carbocycles. The van der Waals surface area contributed by atoms with Crippen molar-refractivity contribution in [1.29, 1.82) is 0 Å². The average molecular weight is 286 g/mol. The van der Waals surface area contributed by atoms with E-state index in [0.29, 0.717) is 0 Å². The predicted molar refractivity (Wildman–Crippen MR) is 83.1 cm³/mol. The molecule has 0 aromatic heterocycles. The highest BCUT2D eigenvalue weighted by Crippen LogP contribution is 2.33. The summed E-state index contributed by atoms with van der Waals surface area (Å²) in [7, 11) is 3.11. The van der Waals surface area contributed by atoms with Gasteiger partial charge in [0.15, 0.2) is 0 Å². The molecular formula is C18H22O3. The van der Waals surface area contributed by atoms with Crippen LogP contribution in [0.2, 0.25) is 0 Å². The van der Waals surface area contributed by atoms with Crippen LogP contribution in [-0.4, -0.2) is 26.3 Å². The summed E-state index contributed by atoms with van der Waals surface area (Å²) in [6.07, 6.45) is 8.95. The lowest BCUT2D eigenvalue weighted by Gasteiger charge is -2.25. The molecule has 2 atom stereocenters. The summed E-state index contributed by atoms with van der Waals surface area (Å²) in [5.74, 6) is -0.328. The first-order chi connectivity index (χ1) is 10.3. The Morgan fingerprint density at radius 1 is 1.24 bits per heavy atom. The minimum absolute atomic E-state index is 0.0136. The Labute approximate surface area is 126 Å². The zero-order chi connectivity index (χ0) is 15.1. The molecule has 0 amide bonds. The van der Waals surface area contributed by atoms with Crippen LogP contribution in [0.3, 0.4) is 0 Å². The number of benzene rings is 1. The first kappa shape index (κ1) is 15.5. The van der Waals surface area contributed by atoms with E-state index in [1.807, 2.05) is 24.3 Å². The monoisotopic (exact) mass is 286 g/mol. The largest absolute Gasteiger partial charge is 0.466 e. The van der Waals surface area contributed by atoms with Crippen LogP contribution in [0, 0.1) is 0 Å². The molecule has 0 saturated carbocycles. The molecule has 0 bridgehead atoms. The third-order valence-corrected chi connectivity index (χ3v) is 3.85. The Morgan fingerprint density at radius 2 is 2.00 bits per heavy atom. The molecule has 3 heteroatoms. The minimum Gasteiger partial charge on any atom is -0.466 e. The number of carbonyl (C=O) groups is 1. The van der Waals surface area contributed by atoms with Gasteiger partial charge in [0, 0.05) is 19.1 Å². The summed E-state index contributed by atoms with van der Waals surface area (Å²) < 4.78 is 10.4. The molecule has 0 unspecified atom stereocenters. The van der Waals surface area contributed by atoms with Crippen LogP contribution in [0.4, 0.5) is 0 Å². The predicted octanol–water partition coefficient (Wildman–Crippen LogP) is 3.62. The van der Waals surface area contributed by atoms with Crippen LogP contribution in [0.15, 0.2) is 54.1 Å². The van der Waals surface area contributed by atoms with Crippen molar-refractivity contribution in [3.63, 3.8) is 0 Å². The minimum atomic E-state index is -0.341. The fourth-order valence-corrected chi connectivity index (χ4v) is 2.80. The van der Waals surface area contributed by atoms with Crippen molar-refractivity contribution in [1.82, 2.24) is 0 Å². The highest BCUT2D eigenvalue weighted by atomic mass is 16.5. The fourth-order valence-electron chi connectivity index (χ4n) is 2.80. The van der Waals surface area contributed by atoms with Crippen LogP contribution in [0.1, 0.15) is 30.7 Å². The molecule has 0 heterocycles. The van der Waals surface area contributed by atoms with E-state index in [9.17, 15) is 4.79 Å². The quantitative estimate of drug-likeness (QED) is 0.455. The van der Waals surface area contributed by atoms with Crippen LogP contribution in [-0.2, 0) is 14.3 Å². The summed E-state index contributed by atoms with van der Waals surface area (Å²) in [6, 6.07) is 10.1. The number of hydrogen-bond acceptors (Lipinski definition) is 3. The van der Waals surface area contributed by atoms with Gasteiger partial charge in [-0.15, -0.1) is 0 Å². The summed E-state index contributed by atoms with van der Waals surface area (Å²) in [5.41, 5.74) is 2.46. The first-order valence-electron chi connectivity index (χ1n) is 7.29.